The number of hydrogen-bond acceptors (Lipinski definition) is 5. The lowest BCUT2D eigenvalue weighted by atomic mass is 10.1. The Bertz CT molecular complexity index is 992. The summed E-state index contributed by atoms with van der Waals surface area (Å²) < 4.78 is 10.6. The molecule has 0 saturated heterocycles. The lowest BCUT2D eigenvalue weighted by Gasteiger charge is -2.06. The Hall–Kier alpha value is -2.38. The quantitative estimate of drug-likeness (QED) is 0.546. The standard InChI is InChI=1S/C19H19N5S.H2S/c1-14-5-2-3-6-16(14)13-24-12-15(11-21-24)9-10-20-17-7-4-8-18-19(17)23-25-22-18;/h2-8,11-12,20H,9-10,13H2,1H3;1H2. The van der Waals surface area contributed by atoms with Gasteiger partial charge in [-0.1, -0.05) is 30.3 Å². The van der Waals surface area contributed by atoms with E-state index in [-0.39, 0.29) is 13.5 Å². The molecule has 1 N–H and O–H groups in total. The van der Waals surface area contributed by atoms with Gasteiger partial charge in [0.2, 0.25) is 0 Å². The van der Waals surface area contributed by atoms with Crippen molar-refractivity contribution in [3.05, 3.63) is 71.5 Å². The molecule has 0 fully saturated rings. The molecule has 0 amide bonds. The van der Waals surface area contributed by atoms with Crippen LogP contribution in [0.5, 0.6) is 0 Å². The van der Waals surface area contributed by atoms with Crippen LogP contribution in [0, 0.1) is 6.92 Å². The van der Waals surface area contributed by atoms with Crippen molar-refractivity contribution < 1.29 is 0 Å². The summed E-state index contributed by atoms with van der Waals surface area (Å²) in [6.45, 7) is 3.79. The minimum absolute atomic E-state index is 0. The van der Waals surface area contributed by atoms with Gasteiger partial charge in [-0.05, 0) is 42.2 Å². The predicted molar refractivity (Wildman–Crippen MR) is 112 cm³/mol. The average Bonchev–Trinajstić information content (AvgIpc) is 3.27. The van der Waals surface area contributed by atoms with Crippen LogP contribution in [0.15, 0.2) is 54.9 Å². The van der Waals surface area contributed by atoms with E-state index in [1.165, 1.54) is 28.4 Å². The number of aryl methyl sites for hydroxylation is 1. The third kappa shape index (κ3) is 4.05. The zero-order chi connectivity index (χ0) is 17.1. The highest BCUT2D eigenvalue weighted by molar-refractivity contribution is 7.59. The van der Waals surface area contributed by atoms with Gasteiger partial charge in [0.15, 0.2) is 0 Å². The summed E-state index contributed by atoms with van der Waals surface area (Å²) in [5, 5.41) is 7.95. The minimum atomic E-state index is 0. The first-order chi connectivity index (χ1) is 12.3. The van der Waals surface area contributed by atoms with Crippen molar-refractivity contribution >= 4 is 41.9 Å². The highest BCUT2D eigenvalue weighted by atomic mass is 32.1. The Balaban J connectivity index is 0.00000196. The Morgan fingerprint density at radius 3 is 2.85 bits per heavy atom. The second kappa shape index (κ2) is 8.33. The van der Waals surface area contributed by atoms with E-state index in [1.807, 2.05) is 29.1 Å². The molecule has 0 aliphatic carbocycles. The van der Waals surface area contributed by atoms with Crippen LogP contribution in [-0.2, 0) is 13.0 Å². The first kappa shape index (κ1) is 18.4. The van der Waals surface area contributed by atoms with Crippen molar-refractivity contribution in [1.29, 1.82) is 0 Å². The lowest BCUT2D eigenvalue weighted by molar-refractivity contribution is 0.683. The molecule has 7 heteroatoms. The van der Waals surface area contributed by atoms with Crippen LogP contribution in [0.2, 0.25) is 0 Å². The number of hydrogen-bond donors (Lipinski definition) is 1. The number of aromatic nitrogens is 4. The van der Waals surface area contributed by atoms with E-state index in [0.29, 0.717) is 0 Å². The zero-order valence-corrected chi connectivity index (χ0v) is 16.3. The van der Waals surface area contributed by atoms with Gasteiger partial charge in [0.25, 0.3) is 0 Å². The molecule has 0 radical (unpaired) electrons. The molecule has 0 aliphatic rings. The van der Waals surface area contributed by atoms with Crippen molar-refractivity contribution in [2.24, 2.45) is 0 Å². The third-order valence-electron chi connectivity index (χ3n) is 4.30. The first-order valence-electron chi connectivity index (χ1n) is 8.30. The fourth-order valence-corrected chi connectivity index (χ4v) is 3.42. The maximum atomic E-state index is 4.49. The van der Waals surface area contributed by atoms with E-state index in [2.05, 4.69) is 56.5 Å². The summed E-state index contributed by atoms with van der Waals surface area (Å²) in [7, 11) is 0. The van der Waals surface area contributed by atoms with Gasteiger partial charge in [-0.3, -0.25) is 4.68 Å². The molecule has 2 aromatic heterocycles. The summed E-state index contributed by atoms with van der Waals surface area (Å²) in [5.74, 6) is 0. The maximum absolute atomic E-state index is 4.49. The van der Waals surface area contributed by atoms with Crippen molar-refractivity contribution in [2.45, 2.75) is 19.9 Å². The van der Waals surface area contributed by atoms with Crippen LogP contribution in [0.3, 0.4) is 0 Å². The fourth-order valence-electron chi connectivity index (χ4n) is 2.87. The van der Waals surface area contributed by atoms with E-state index in [4.69, 9.17) is 0 Å². The Morgan fingerprint density at radius 2 is 1.96 bits per heavy atom. The second-order valence-electron chi connectivity index (χ2n) is 6.09. The number of rotatable bonds is 6. The van der Waals surface area contributed by atoms with Crippen LogP contribution in [0.1, 0.15) is 16.7 Å². The van der Waals surface area contributed by atoms with Gasteiger partial charge in [-0.15, -0.1) is 0 Å². The van der Waals surface area contributed by atoms with Gasteiger partial charge < -0.3 is 5.32 Å². The summed E-state index contributed by atoms with van der Waals surface area (Å²) in [6, 6.07) is 14.5. The minimum Gasteiger partial charge on any atom is -0.383 e. The van der Waals surface area contributed by atoms with Crippen molar-refractivity contribution in [2.75, 3.05) is 11.9 Å². The Morgan fingerprint density at radius 1 is 1.08 bits per heavy atom. The molecule has 0 spiro atoms. The zero-order valence-electron chi connectivity index (χ0n) is 14.5. The van der Waals surface area contributed by atoms with Gasteiger partial charge in [-0.25, -0.2) is 0 Å². The number of fused-ring (bicyclic) bond motifs is 1. The molecule has 4 aromatic rings. The second-order valence-corrected chi connectivity index (χ2v) is 6.62. The van der Waals surface area contributed by atoms with Crippen molar-refractivity contribution in [3.63, 3.8) is 0 Å². The Kier molecular flexibility index (Phi) is 5.90. The monoisotopic (exact) mass is 383 g/mol. The van der Waals surface area contributed by atoms with Gasteiger partial charge >= 0.3 is 0 Å². The average molecular weight is 384 g/mol. The van der Waals surface area contributed by atoms with Crippen LogP contribution < -0.4 is 5.32 Å². The molecule has 0 saturated carbocycles. The molecule has 26 heavy (non-hydrogen) atoms. The maximum Gasteiger partial charge on any atom is 0.127 e. The third-order valence-corrected chi connectivity index (χ3v) is 4.84. The van der Waals surface area contributed by atoms with E-state index >= 15 is 0 Å². The number of nitrogens with zero attached hydrogens (tertiary/aromatic N) is 4. The molecule has 134 valence electrons. The molecule has 2 aromatic carbocycles. The summed E-state index contributed by atoms with van der Waals surface area (Å²) in [6.07, 6.45) is 4.99. The molecule has 5 nitrogen and oxygen atoms in total. The molecule has 0 bridgehead atoms. The molecule has 0 atom stereocenters. The summed E-state index contributed by atoms with van der Waals surface area (Å²) in [4.78, 5) is 0. The van der Waals surface area contributed by atoms with E-state index in [0.717, 1.165) is 36.2 Å². The topological polar surface area (TPSA) is 55.6 Å². The smallest absolute Gasteiger partial charge is 0.127 e. The normalized spacial score (nSPS) is 10.7. The molecule has 2 heterocycles. The Labute approximate surface area is 163 Å². The summed E-state index contributed by atoms with van der Waals surface area (Å²) >= 11 is 1.25. The number of anilines is 1. The molecule has 0 unspecified atom stereocenters. The van der Waals surface area contributed by atoms with Crippen molar-refractivity contribution in [1.82, 2.24) is 18.5 Å². The number of benzene rings is 2. The van der Waals surface area contributed by atoms with Gasteiger partial charge in [0.1, 0.15) is 11.0 Å². The molecule has 4 rings (SSSR count). The largest absolute Gasteiger partial charge is 0.383 e. The van der Waals surface area contributed by atoms with Crippen LogP contribution >= 0.6 is 25.2 Å². The van der Waals surface area contributed by atoms with Crippen LogP contribution in [0.4, 0.5) is 5.69 Å². The SMILES string of the molecule is Cc1ccccc1Cn1cc(CCNc2cccc3nsnc23)cn1.S. The van der Waals surface area contributed by atoms with Crippen LogP contribution in [0.25, 0.3) is 11.0 Å². The lowest BCUT2D eigenvalue weighted by Crippen LogP contribution is -2.05. The molecular weight excluding hydrogens is 362 g/mol. The summed E-state index contributed by atoms with van der Waals surface area (Å²) in [5.41, 5.74) is 6.76. The van der Waals surface area contributed by atoms with E-state index < -0.39 is 0 Å². The van der Waals surface area contributed by atoms with Crippen LogP contribution in [-0.4, -0.2) is 25.1 Å². The number of nitrogens with one attached hydrogen (secondary N) is 1. The molecular formula is C19H21N5S2. The van der Waals surface area contributed by atoms with E-state index in [9.17, 15) is 0 Å². The fraction of sp³-hybridized carbons (Fsp3) is 0.211. The van der Waals surface area contributed by atoms with Gasteiger partial charge in [0.05, 0.1) is 30.2 Å². The first-order valence-corrected chi connectivity index (χ1v) is 9.03. The van der Waals surface area contributed by atoms with Gasteiger partial charge in [0, 0.05) is 12.7 Å². The van der Waals surface area contributed by atoms with Crippen molar-refractivity contribution in [3.8, 4) is 0 Å². The highest BCUT2D eigenvalue weighted by Crippen LogP contribution is 2.21. The highest BCUT2D eigenvalue weighted by Gasteiger charge is 2.05. The molecule has 0 aliphatic heterocycles. The predicted octanol–water partition coefficient (Wildman–Crippen LogP) is 4.01. The van der Waals surface area contributed by atoms with E-state index in [1.54, 1.807) is 0 Å². The van der Waals surface area contributed by atoms with Gasteiger partial charge in [-0.2, -0.15) is 27.3 Å².